The average molecular weight is 1020 g/mol. The Balaban J connectivity index is 0.929. The predicted molar refractivity (Wildman–Crippen MR) is 275 cm³/mol. The number of amides is 1. The Morgan fingerprint density at radius 1 is 0.859 bits per heavy atom. The number of hydrogen-bond acceptors (Lipinski definition) is 12. The van der Waals surface area contributed by atoms with Gasteiger partial charge in [-0.3, -0.25) is 19.2 Å². The molecule has 4 N–H and O–H groups in total. The van der Waals surface area contributed by atoms with Crippen molar-refractivity contribution in [2.45, 2.75) is 135 Å². The van der Waals surface area contributed by atoms with Crippen molar-refractivity contribution in [1.29, 1.82) is 0 Å². The Labute approximate surface area is 416 Å². The third-order valence-electron chi connectivity index (χ3n) is 14.7. The zero-order chi connectivity index (χ0) is 52.0. The summed E-state index contributed by atoms with van der Waals surface area (Å²) in [5.74, 6) is -4.20. The minimum atomic E-state index is -3.61. The van der Waals surface area contributed by atoms with Crippen molar-refractivity contribution in [2.24, 2.45) is 0 Å². The van der Waals surface area contributed by atoms with E-state index in [0.717, 1.165) is 41.9 Å². The van der Waals surface area contributed by atoms with Crippen molar-refractivity contribution in [3.05, 3.63) is 116 Å². The fourth-order valence-electron chi connectivity index (χ4n) is 8.19. The lowest BCUT2D eigenvalue weighted by atomic mass is 9.98. The second-order valence-electron chi connectivity index (χ2n) is 22.2. The van der Waals surface area contributed by atoms with Crippen molar-refractivity contribution in [3.63, 3.8) is 0 Å². The summed E-state index contributed by atoms with van der Waals surface area (Å²) in [6, 6.07) is 19.0. The number of nitrogens with zero attached hydrogens (tertiary/aromatic N) is 6. The number of alkyl halides is 2. The highest BCUT2D eigenvalue weighted by molar-refractivity contribution is 6.74. The lowest BCUT2D eigenvalue weighted by Crippen LogP contribution is -2.53. The van der Waals surface area contributed by atoms with Crippen LogP contribution in [-0.4, -0.2) is 118 Å². The minimum absolute atomic E-state index is 0.0179. The van der Waals surface area contributed by atoms with Crippen LogP contribution in [0.5, 0.6) is 11.5 Å². The number of phenols is 2. The summed E-state index contributed by atoms with van der Waals surface area (Å²) in [4.78, 5) is 48.3. The molecule has 0 aliphatic carbocycles. The molecule has 2 saturated heterocycles. The van der Waals surface area contributed by atoms with Crippen LogP contribution >= 0.6 is 0 Å². The first-order chi connectivity index (χ1) is 33.1. The molecule has 2 aliphatic rings. The van der Waals surface area contributed by atoms with E-state index in [-0.39, 0.29) is 45.7 Å². The van der Waals surface area contributed by atoms with Gasteiger partial charge >= 0.3 is 17.3 Å². The molecule has 4 heterocycles. The summed E-state index contributed by atoms with van der Waals surface area (Å²) in [6.07, 6.45) is -3.65. The molecule has 1 amide bonds. The monoisotopic (exact) mass is 1020 g/mol. The molecule has 0 bridgehead atoms. The fraction of sp³-hybridized carbons (Fsp3) is 0.510. The average Bonchev–Trinajstić information content (AvgIpc) is 3.77. The van der Waals surface area contributed by atoms with Crippen molar-refractivity contribution in [2.75, 3.05) is 38.1 Å². The van der Waals surface area contributed by atoms with E-state index in [0.29, 0.717) is 35.5 Å². The molecule has 2 fully saturated rings. The zero-order valence-corrected chi connectivity index (χ0v) is 45.0. The van der Waals surface area contributed by atoms with E-state index >= 15 is 8.78 Å². The number of halogens is 2. The van der Waals surface area contributed by atoms with Crippen LogP contribution in [0.15, 0.2) is 82.5 Å². The van der Waals surface area contributed by atoms with Crippen LogP contribution in [0.25, 0.3) is 17.1 Å². The van der Waals surface area contributed by atoms with Crippen molar-refractivity contribution in [3.8, 4) is 28.6 Å². The predicted octanol–water partition coefficient (Wildman–Crippen LogP) is 8.83. The van der Waals surface area contributed by atoms with Gasteiger partial charge in [-0.2, -0.15) is 18.9 Å². The molecule has 7 rings (SSSR count). The highest BCUT2D eigenvalue weighted by atomic mass is 28.4. The van der Waals surface area contributed by atoms with Gasteiger partial charge in [0.2, 0.25) is 6.23 Å². The summed E-state index contributed by atoms with van der Waals surface area (Å²) < 4.78 is 54.0. The molecule has 0 unspecified atom stereocenters. The van der Waals surface area contributed by atoms with Crippen molar-refractivity contribution < 1.29 is 37.4 Å². The van der Waals surface area contributed by atoms with Gasteiger partial charge in [0.15, 0.2) is 22.5 Å². The number of benzene rings is 3. The van der Waals surface area contributed by atoms with Crippen LogP contribution in [0.1, 0.15) is 94.6 Å². The quantitative estimate of drug-likeness (QED) is 0.0731. The number of carbonyl (C=O) groups is 1. The SMILES string of the molecule is CC(C)c1cc(-c2n[nH]c(=O)n2-c2ccc(CN3CCN(Cc4ccc(C(=O)Nc5ccn([C@@H]6O[C@H](CO[Si](C)(C)C(C)(C)C)[C@@H](O[Si](C)(C)C(C)(C)C)C6(F)F)c(=O)n5)cc4)CC3)cc2)c(O)cc1O. The van der Waals surface area contributed by atoms with Crippen LogP contribution in [0, 0.1) is 0 Å². The van der Waals surface area contributed by atoms with E-state index in [1.54, 1.807) is 18.2 Å². The largest absolute Gasteiger partial charge is 0.508 e. The molecule has 2 aliphatic heterocycles. The normalized spacial score (nSPS) is 19.4. The Morgan fingerprint density at radius 2 is 1.42 bits per heavy atom. The van der Waals surface area contributed by atoms with E-state index in [1.165, 1.54) is 22.9 Å². The summed E-state index contributed by atoms with van der Waals surface area (Å²) in [5, 5.41) is 29.8. The summed E-state index contributed by atoms with van der Waals surface area (Å²) in [5.41, 5.74) is 2.50. The third-order valence-corrected chi connectivity index (χ3v) is 23.6. The molecule has 2 aromatic heterocycles. The third kappa shape index (κ3) is 11.6. The molecule has 71 heavy (non-hydrogen) atoms. The van der Waals surface area contributed by atoms with Crippen molar-refractivity contribution in [1.82, 2.24) is 34.1 Å². The smallest absolute Gasteiger partial charge is 0.351 e. The van der Waals surface area contributed by atoms with E-state index in [1.807, 2.05) is 97.2 Å². The molecule has 5 aromatic rings. The van der Waals surface area contributed by atoms with Crippen LogP contribution in [-0.2, 0) is 26.7 Å². The minimum Gasteiger partial charge on any atom is -0.508 e. The van der Waals surface area contributed by atoms with E-state index in [4.69, 9.17) is 13.6 Å². The Hall–Kier alpha value is -5.36. The lowest BCUT2D eigenvalue weighted by molar-refractivity contribution is -0.138. The van der Waals surface area contributed by atoms with Gasteiger partial charge in [0, 0.05) is 57.1 Å². The maximum Gasteiger partial charge on any atom is 0.351 e. The maximum atomic E-state index is 16.6. The number of rotatable bonds is 15. The standard InChI is InChI=1S/C51H70F2N8O8Si2/c1-32(2)37-27-38(40(63)28-39(37)62)44-56-57-48(66)61(44)36-19-15-34(16-20-36)30-59-25-23-58(24-26-59)29-33-13-17-35(18-14-33)45(64)54-42-21-22-60(47(65)55-42)46-51(52,53)43(69-71(11,12)50(6,7)8)41(68-46)31-67-70(9,10)49(3,4)5/h13-22,27-28,32,41,43,46,62-63H,23-26,29-31H2,1-12H3,(H,57,66)(H,54,55,64,65)/t41-,43-,46-/m1/s1. The van der Waals surface area contributed by atoms with Gasteiger partial charge in [-0.15, -0.1) is 0 Å². The number of aromatic hydroxyl groups is 2. The molecule has 384 valence electrons. The topological polar surface area (TPSA) is 189 Å². The summed E-state index contributed by atoms with van der Waals surface area (Å²) >= 11 is 0. The van der Waals surface area contributed by atoms with Gasteiger partial charge in [-0.25, -0.2) is 19.3 Å². The Morgan fingerprint density at radius 3 is 1.96 bits per heavy atom. The van der Waals surface area contributed by atoms with Crippen LogP contribution < -0.4 is 16.7 Å². The van der Waals surface area contributed by atoms with E-state index in [9.17, 15) is 24.6 Å². The van der Waals surface area contributed by atoms with Gasteiger partial charge < -0.3 is 29.1 Å². The second kappa shape index (κ2) is 20.3. The number of nitrogens with one attached hydrogen (secondary N) is 2. The number of hydrogen-bond donors (Lipinski definition) is 4. The first kappa shape index (κ1) is 53.4. The highest BCUT2D eigenvalue weighted by Gasteiger charge is 2.63. The molecule has 16 nitrogen and oxygen atoms in total. The Bertz CT molecular complexity index is 2810. The molecule has 3 atom stereocenters. The number of aromatic nitrogens is 5. The molecular formula is C51H70F2N8O8Si2. The van der Waals surface area contributed by atoms with Gasteiger partial charge in [0.25, 0.3) is 5.91 Å². The van der Waals surface area contributed by atoms with E-state index < -0.39 is 58.3 Å². The molecule has 3 aromatic carbocycles. The number of carbonyl (C=O) groups excluding carboxylic acids is 1. The molecule has 0 saturated carbocycles. The molecule has 0 radical (unpaired) electrons. The number of anilines is 1. The van der Waals surface area contributed by atoms with Gasteiger partial charge in [0.1, 0.15) is 29.5 Å². The van der Waals surface area contributed by atoms with Crippen LogP contribution in [0.3, 0.4) is 0 Å². The molecule has 20 heteroatoms. The van der Waals surface area contributed by atoms with Crippen molar-refractivity contribution >= 4 is 28.4 Å². The number of aromatic amines is 1. The van der Waals surface area contributed by atoms with Gasteiger partial charge in [-0.1, -0.05) is 79.7 Å². The molecule has 0 spiro atoms. The maximum absolute atomic E-state index is 16.6. The first-order valence-electron chi connectivity index (χ1n) is 24.2. The number of piperazine rings is 1. The van der Waals surface area contributed by atoms with Crippen LogP contribution in [0.2, 0.25) is 36.3 Å². The summed E-state index contributed by atoms with van der Waals surface area (Å²) in [7, 11) is -5.11. The van der Waals surface area contributed by atoms with Crippen LogP contribution in [0.4, 0.5) is 14.6 Å². The van der Waals surface area contributed by atoms with Gasteiger partial charge in [0.05, 0.1) is 17.9 Å². The first-order valence-corrected chi connectivity index (χ1v) is 30.0. The Kier molecular flexibility index (Phi) is 15.3. The number of ether oxygens (including phenoxy) is 1. The second-order valence-corrected chi connectivity index (χ2v) is 31.8. The fourth-order valence-corrected chi connectivity index (χ4v) is 10.5. The highest BCUT2D eigenvalue weighted by Crippen LogP contribution is 2.49. The summed E-state index contributed by atoms with van der Waals surface area (Å²) in [6.45, 7) is 28.4. The van der Waals surface area contributed by atoms with Gasteiger partial charge in [-0.05, 0) is 95.3 Å². The lowest BCUT2D eigenvalue weighted by Gasteiger charge is -2.41. The van der Waals surface area contributed by atoms with E-state index in [2.05, 4.69) is 51.1 Å². The molecular weight excluding hydrogens is 947 g/mol. The zero-order valence-electron chi connectivity index (χ0n) is 43.0. The number of H-pyrrole nitrogens is 1. The number of phenolic OH excluding ortho intramolecular Hbond substituents is 2.